The van der Waals surface area contributed by atoms with Gasteiger partial charge in [-0.25, -0.2) is 4.79 Å². The van der Waals surface area contributed by atoms with E-state index in [0.717, 1.165) is 12.1 Å². The summed E-state index contributed by atoms with van der Waals surface area (Å²) in [6.45, 7) is -0.887. The van der Waals surface area contributed by atoms with Crippen LogP contribution in [0.4, 0.5) is 30.2 Å². The van der Waals surface area contributed by atoms with Crippen LogP contribution in [0, 0.1) is 10.1 Å². The number of nitrogen functional groups attached to an aromatic ring is 1. The number of rotatable bonds is 6. The number of carbonyl (C=O) groups is 2. The van der Waals surface area contributed by atoms with E-state index in [-0.39, 0.29) is 28.1 Å². The first-order chi connectivity index (χ1) is 13.9. The van der Waals surface area contributed by atoms with Crippen molar-refractivity contribution in [2.24, 2.45) is 0 Å². The summed E-state index contributed by atoms with van der Waals surface area (Å²) >= 11 is 5.84. The highest BCUT2D eigenvalue weighted by Crippen LogP contribution is 2.35. The topological polar surface area (TPSA) is 134 Å². The summed E-state index contributed by atoms with van der Waals surface area (Å²) in [5.41, 5.74) is 2.87. The predicted octanol–water partition coefficient (Wildman–Crippen LogP) is 3.65. The van der Waals surface area contributed by atoms with Crippen LogP contribution in [0.15, 0.2) is 30.3 Å². The van der Waals surface area contributed by atoms with Crippen molar-refractivity contribution in [3.05, 3.63) is 56.6 Å². The van der Waals surface area contributed by atoms with Gasteiger partial charge >= 0.3 is 12.1 Å². The quantitative estimate of drug-likeness (QED) is 0.299. The van der Waals surface area contributed by atoms with Gasteiger partial charge in [-0.3, -0.25) is 14.9 Å². The number of carbonyl (C=O) groups excluding carboxylic acids is 2. The zero-order valence-corrected chi connectivity index (χ0v) is 15.8. The maximum atomic E-state index is 12.7. The Kier molecular flexibility index (Phi) is 6.72. The Hall–Kier alpha value is -3.54. The average Bonchev–Trinajstić information content (AvgIpc) is 2.67. The molecule has 0 atom stereocenters. The fraction of sp³-hybridized carbons (Fsp3) is 0.176. The number of anilines is 2. The molecule has 0 bridgehead atoms. The molecule has 0 aliphatic carbocycles. The molecule has 2 aromatic carbocycles. The standard InChI is InChI=1S/C17H13ClF3N3O6/c1-29-14-6-11(22)10(18)5-9(14)16(26)30-7-15(25)23-12-3-2-8(17(19,20)21)4-13(12)24(27)28/h2-6H,7,22H2,1H3,(H,23,25). The highest BCUT2D eigenvalue weighted by molar-refractivity contribution is 6.33. The van der Waals surface area contributed by atoms with Crippen molar-refractivity contribution >= 4 is 40.5 Å². The van der Waals surface area contributed by atoms with E-state index in [1.54, 1.807) is 0 Å². The minimum atomic E-state index is -4.80. The zero-order chi connectivity index (χ0) is 22.6. The summed E-state index contributed by atoms with van der Waals surface area (Å²) in [6, 6.07) is 4.00. The van der Waals surface area contributed by atoms with E-state index >= 15 is 0 Å². The lowest BCUT2D eigenvalue weighted by Gasteiger charge is -2.12. The molecule has 30 heavy (non-hydrogen) atoms. The van der Waals surface area contributed by atoms with Gasteiger partial charge in [0.1, 0.15) is 17.0 Å². The third-order valence-corrected chi connectivity index (χ3v) is 4.00. The summed E-state index contributed by atoms with van der Waals surface area (Å²) in [6.07, 6.45) is -4.80. The summed E-state index contributed by atoms with van der Waals surface area (Å²) in [4.78, 5) is 34.1. The number of nitro benzene ring substituents is 1. The van der Waals surface area contributed by atoms with Crippen LogP contribution in [0.3, 0.4) is 0 Å². The van der Waals surface area contributed by atoms with Crippen molar-refractivity contribution < 1.29 is 37.2 Å². The van der Waals surface area contributed by atoms with Gasteiger partial charge in [0.25, 0.3) is 11.6 Å². The van der Waals surface area contributed by atoms with Crippen molar-refractivity contribution in [2.75, 3.05) is 24.8 Å². The zero-order valence-electron chi connectivity index (χ0n) is 15.1. The lowest BCUT2D eigenvalue weighted by molar-refractivity contribution is -0.384. The maximum absolute atomic E-state index is 12.7. The van der Waals surface area contributed by atoms with Gasteiger partial charge in [0.2, 0.25) is 0 Å². The minimum absolute atomic E-state index is 0.0284. The van der Waals surface area contributed by atoms with Crippen molar-refractivity contribution in [1.29, 1.82) is 0 Å². The number of nitro groups is 1. The Morgan fingerprint density at radius 3 is 2.50 bits per heavy atom. The number of hydrogen-bond donors (Lipinski definition) is 2. The number of ether oxygens (including phenoxy) is 2. The molecular weight excluding hydrogens is 435 g/mol. The molecule has 0 aliphatic rings. The molecule has 160 valence electrons. The molecule has 0 saturated carbocycles. The molecule has 0 aliphatic heterocycles. The number of halogens is 4. The van der Waals surface area contributed by atoms with Gasteiger partial charge in [-0.1, -0.05) is 11.6 Å². The van der Waals surface area contributed by atoms with Crippen LogP contribution in [0.1, 0.15) is 15.9 Å². The maximum Gasteiger partial charge on any atom is 0.416 e. The van der Waals surface area contributed by atoms with Crippen LogP contribution in [0.2, 0.25) is 5.02 Å². The monoisotopic (exact) mass is 447 g/mol. The Labute approximate surface area is 171 Å². The van der Waals surface area contributed by atoms with Crippen molar-refractivity contribution in [3.63, 3.8) is 0 Å². The van der Waals surface area contributed by atoms with Crippen molar-refractivity contribution in [3.8, 4) is 5.75 Å². The van der Waals surface area contributed by atoms with E-state index in [0.29, 0.717) is 6.07 Å². The molecule has 3 N–H and O–H groups in total. The molecular formula is C17H13ClF3N3O6. The summed E-state index contributed by atoms with van der Waals surface area (Å²) in [7, 11) is 1.26. The van der Waals surface area contributed by atoms with Crippen LogP contribution in [0.25, 0.3) is 0 Å². The van der Waals surface area contributed by atoms with E-state index in [4.69, 9.17) is 26.8 Å². The molecule has 0 unspecified atom stereocenters. The molecule has 0 saturated heterocycles. The minimum Gasteiger partial charge on any atom is -0.496 e. The second-order valence-electron chi connectivity index (χ2n) is 5.69. The van der Waals surface area contributed by atoms with Crippen molar-refractivity contribution in [2.45, 2.75) is 6.18 Å². The van der Waals surface area contributed by atoms with Gasteiger partial charge in [-0.15, -0.1) is 0 Å². The molecule has 0 spiro atoms. The van der Waals surface area contributed by atoms with Gasteiger partial charge in [0, 0.05) is 12.1 Å². The third kappa shape index (κ3) is 5.29. The van der Waals surface area contributed by atoms with Gasteiger partial charge in [-0.05, 0) is 18.2 Å². The largest absolute Gasteiger partial charge is 0.496 e. The summed E-state index contributed by atoms with van der Waals surface area (Å²) < 4.78 is 47.9. The molecule has 0 fully saturated rings. The number of esters is 1. The Morgan fingerprint density at radius 1 is 1.27 bits per heavy atom. The van der Waals surface area contributed by atoms with Crippen LogP contribution in [-0.2, 0) is 15.7 Å². The lowest BCUT2D eigenvalue weighted by Crippen LogP contribution is -2.22. The number of alkyl halides is 3. The van der Waals surface area contributed by atoms with E-state index in [1.165, 1.54) is 13.2 Å². The lowest BCUT2D eigenvalue weighted by atomic mass is 10.1. The van der Waals surface area contributed by atoms with Crippen LogP contribution >= 0.6 is 11.6 Å². The second kappa shape index (κ2) is 8.86. The predicted molar refractivity (Wildman–Crippen MR) is 99.4 cm³/mol. The SMILES string of the molecule is COc1cc(N)c(Cl)cc1C(=O)OCC(=O)Nc1ccc(C(F)(F)F)cc1[N+](=O)[O-]. The van der Waals surface area contributed by atoms with Gasteiger partial charge < -0.3 is 20.5 Å². The smallest absolute Gasteiger partial charge is 0.416 e. The van der Waals surface area contributed by atoms with Crippen LogP contribution in [-0.4, -0.2) is 30.5 Å². The summed E-state index contributed by atoms with van der Waals surface area (Å²) in [5, 5.41) is 13.1. The highest BCUT2D eigenvalue weighted by Gasteiger charge is 2.33. The molecule has 1 amide bonds. The Bertz CT molecular complexity index is 1010. The van der Waals surface area contributed by atoms with E-state index in [1.807, 2.05) is 5.32 Å². The number of hydrogen-bond acceptors (Lipinski definition) is 7. The van der Waals surface area contributed by atoms with E-state index < -0.39 is 46.5 Å². The van der Waals surface area contributed by atoms with Crippen LogP contribution in [0.5, 0.6) is 5.75 Å². The van der Waals surface area contributed by atoms with E-state index in [9.17, 15) is 32.9 Å². The first-order valence-electron chi connectivity index (χ1n) is 7.89. The van der Waals surface area contributed by atoms with E-state index in [2.05, 4.69) is 0 Å². The first kappa shape index (κ1) is 22.7. The summed E-state index contributed by atoms with van der Waals surface area (Å²) in [5.74, 6) is -2.00. The fourth-order valence-corrected chi connectivity index (χ4v) is 2.42. The van der Waals surface area contributed by atoms with Gasteiger partial charge in [-0.2, -0.15) is 13.2 Å². The first-order valence-corrected chi connectivity index (χ1v) is 8.27. The fourth-order valence-electron chi connectivity index (χ4n) is 2.26. The second-order valence-corrected chi connectivity index (χ2v) is 6.09. The van der Waals surface area contributed by atoms with Gasteiger partial charge in [0.05, 0.1) is 28.3 Å². The number of benzene rings is 2. The third-order valence-electron chi connectivity index (χ3n) is 3.67. The van der Waals surface area contributed by atoms with Crippen LogP contribution < -0.4 is 15.8 Å². The Morgan fingerprint density at radius 2 is 1.93 bits per heavy atom. The molecule has 2 rings (SSSR count). The Balaban J connectivity index is 2.12. The molecule has 0 aromatic heterocycles. The molecule has 0 radical (unpaired) electrons. The number of nitrogens with zero attached hydrogens (tertiary/aromatic N) is 1. The number of methoxy groups -OCH3 is 1. The average molecular weight is 448 g/mol. The molecule has 9 nitrogen and oxygen atoms in total. The molecule has 13 heteroatoms. The van der Waals surface area contributed by atoms with Crippen molar-refractivity contribution in [1.82, 2.24) is 0 Å². The van der Waals surface area contributed by atoms with Gasteiger partial charge in [0.15, 0.2) is 6.61 Å². The highest BCUT2D eigenvalue weighted by atomic mass is 35.5. The number of amides is 1. The number of nitrogens with two attached hydrogens (primary N) is 1. The normalized spacial score (nSPS) is 11.0. The molecule has 2 aromatic rings. The number of nitrogens with one attached hydrogen (secondary N) is 1. The molecule has 0 heterocycles.